The molecule has 0 saturated carbocycles. The third-order valence-corrected chi connectivity index (χ3v) is 2.53. The maximum Gasteiger partial charge on any atom is 0.200 e. The summed E-state index contributed by atoms with van der Waals surface area (Å²) >= 11 is 0. The molecule has 1 N–H and O–H groups in total. The summed E-state index contributed by atoms with van der Waals surface area (Å²) in [6.07, 6.45) is 0. The molecule has 0 fully saturated rings. The van der Waals surface area contributed by atoms with Gasteiger partial charge in [-0.05, 0) is 13.8 Å². The van der Waals surface area contributed by atoms with Crippen molar-refractivity contribution >= 4 is 5.84 Å². The third-order valence-electron chi connectivity index (χ3n) is 2.53. The Hall–Kier alpha value is -1.66. The van der Waals surface area contributed by atoms with Crippen molar-refractivity contribution in [2.45, 2.75) is 13.8 Å². The zero-order valence-electron chi connectivity index (χ0n) is 9.75. The molecule has 0 bridgehead atoms. The summed E-state index contributed by atoms with van der Waals surface area (Å²) in [7, 11) is 0. The molecule has 0 unspecified atom stereocenters. The number of halogens is 5. The van der Waals surface area contributed by atoms with E-state index in [4.69, 9.17) is 5.41 Å². The number of nitrogens with zero attached hydrogens (tertiary/aromatic N) is 1. The van der Waals surface area contributed by atoms with Crippen LogP contribution < -0.4 is 0 Å². The zero-order chi connectivity index (χ0) is 14.0. The monoisotopic (exact) mass is 266 g/mol. The van der Waals surface area contributed by atoms with Crippen molar-refractivity contribution in [3.05, 3.63) is 34.6 Å². The molecule has 0 amide bonds. The van der Waals surface area contributed by atoms with E-state index < -0.39 is 40.5 Å². The normalized spacial score (nSPS) is 10.6. The molecule has 0 atom stereocenters. The van der Waals surface area contributed by atoms with Crippen LogP contribution in [-0.2, 0) is 0 Å². The Bertz CT molecular complexity index is 454. The predicted octanol–water partition coefficient (Wildman–Crippen LogP) is 3.05. The molecular weight excluding hydrogens is 255 g/mol. The largest absolute Gasteiger partial charge is 0.357 e. The van der Waals surface area contributed by atoms with Gasteiger partial charge in [0.2, 0.25) is 5.82 Å². The Kier molecular flexibility index (Phi) is 4.26. The van der Waals surface area contributed by atoms with Gasteiger partial charge in [0.25, 0.3) is 0 Å². The van der Waals surface area contributed by atoms with Crippen molar-refractivity contribution in [2.24, 2.45) is 0 Å². The van der Waals surface area contributed by atoms with Crippen LogP contribution >= 0.6 is 0 Å². The van der Waals surface area contributed by atoms with Crippen LogP contribution in [-0.4, -0.2) is 23.8 Å². The van der Waals surface area contributed by atoms with E-state index in [0.717, 1.165) is 0 Å². The second-order valence-corrected chi connectivity index (χ2v) is 3.47. The van der Waals surface area contributed by atoms with Gasteiger partial charge < -0.3 is 4.90 Å². The maximum atomic E-state index is 13.4. The average molecular weight is 266 g/mol. The molecule has 0 radical (unpaired) electrons. The molecule has 1 rings (SSSR count). The lowest BCUT2D eigenvalue weighted by Gasteiger charge is -2.22. The summed E-state index contributed by atoms with van der Waals surface area (Å²) < 4.78 is 65.5. The molecule has 0 aliphatic rings. The van der Waals surface area contributed by atoms with Crippen molar-refractivity contribution in [1.29, 1.82) is 5.41 Å². The van der Waals surface area contributed by atoms with E-state index in [1.807, 2.05) is 0 Å². The van der Waals surface area contributed by atoms with Crippen molar-refractivity contribution < 1.29 is 22.0 Å². The fourth-order valence-corrected chi connectivity index (χ4v) is 1.51. The summed E-state index contributed by atoms with van der Waals surface area (Å²) in [4.78, 5) is 1.18. The van der Waals surface area contributed by atoms with Gasteiger partial charge in [0, 0.05) is 13.1 Å². The number of benzene rings is 1. The minimum atomic E-state index is -2.22. The Morgan fingerprint density at radius 1 is 0.833 bits per heavy atom. The molecule has 0 aliphatic heterocycles. The van der Waals surface area contributed by atoms with Gasteiger partial charge >= 0.3 is 0 Å². The summed E-state index contributed by atoms with van der Waals surface area (Å²) in [6.45, 7) is 3.64. The van der Waals surface area contributed by atoms with Crippen molar-refractivity contribution in [1.82, 2.24) is 4.90 Å². The number of nitrogens with one attached hydrogen (secondary N) is 1. The second kappa shape index (κ2) is 5.32. The third kappa shape index (κ3) is 2.16. The molecular formula is C11H11F5N2. The average Bonchev–Trinajstić information content (AvgIpc) is 2.36. The minimum absolute atomic E-state index is 0.217. The molecule has 2 nitrogen and oxygen atoms in total. The van der Waals surface area contributed by atoms with Crippen molar-refractivity contribution in [3.8, 4) is 0 Å². The molecule has 0 saturated heterocycles. The van der Waals surface area contributed by atoms with Gasteiger partial charge in [0.1, 0.15) is 5.84 Å². The van der Waals surface area contributed by atoms with Crippen LogP contribution in [0.4, 0.5) is 22.0 Å². The predicted molar refractivity (Wildman–Crippen MR) is 56.0 cm³/mol. The molecule has 18 heavy (non-hydrogen) atoms. The highest BCUT2D eigenvalue weighted by Gasteiger charge is 2.29. The second-order valence-electron chi connectivity index (χ2n) is 3.47. The number of hydrogen-bond acceptors (Lipinski definition) is 1. The lowest BCUT2D eigenvalue weighted by Crippen LogP contribution is -2.32. The van der Waals surface area contributed by atoms with Gasteiger partial charge in [-0.25, -0.2) is 22.0 Å². The molecule has 1 aromatic rings. The van der Waals surface area contributed by atoms with Crippen LogP contribution in [0.2, 0.25) is 0 Å². The van der Waals surface area contributed by atoms with Gasteiger partial charge in [0.05, 0.1) is 5.56 Å². The van der Waals surface area contributed by atoms with E-state index in [9.17, 15) is 22.0 Å². The Balaban J connectivity index is 3.46. The first-order chi connectivity index (χ1) is 8.36. The number of amidine groups is 1. The summed E-state index contributed by atoms with van der Waals surface area (Å²) in [5, 5.41) is 7.52. The fourth-order valence-electron chi connectivity index (χ4n) is 1.51. The van der Waals surface area contributed by atoms with Crippen LogP contribution in [0.25, 0.3) is 0 Å². The van der Waals surface area contributed by atoms with Gasteiger partial charge in [0.15, 0.2) is 23.3 Å². The van der Waals surface area contributed by atoms with Gasteiger partial charge in [-0.15, -0.1) is 0 Å². The maximum absolute atomic E-state index is 13.4. The van der Waals surface area contributed by atoms with Gasteiger partial charge in [-0.2, -0.15) is 0 Å². The first-order valence-electron chi connectivity index (χ1n) is 5.22. The number of rotatable bonds is 3. The summed E-state index contributed by atoms with van der Waals surface area (Å²) in [6, 6.07) is 0. The summed E-state index contributed by atoms with van der Waals surface area (Å²) in [5.41, 5.74) is -1.20. The van der Waals surface area contributed by atoms with E-state index >= 15 is 0 Å². The first kappa shape index (κ1) is 14.4. The van der Waals surface area contributed by atoms with Crippen LogP contribution in [0.15, 0.2) is 0 Å². The Labute approximate surface area is 101 Å². The van der Waals surface area contributed by atoms with E-state index in [0.29, 0.717) is 0 Å². The van der Waals surface area contributed by atoms with Crippen LogP contribution in [0, 0.1) is 34.5 Å². The van der Waals surface area contributed by atoms with Crippen molar-refractivity contribution in [3.63, 3.8) is 0 Å². The smallest absolute Gasteiger partial charge is 0.200 e. The Morgan fingerprint density at radius 3 is 1.50 bits per heavy atom. The van der Waals surface area contributed by atoms with Gasteiger partial charge in [-0.3, -0.25) is 5.41 Å². The fraction of sp³-hybridized carbons (Fsp3) is 0.364. The van der Waals surface area contributed by atoms with Crippen LogP contribution in [0.3, 0.4) is 0 Å². The van der Waals surface area contributed by atoms with E-state index in [2.05, 4.69) is 0 Å². The summed E-state index contributed by atoms with van der Waals surface area (Å²) in [5.74, 6) is -11.0. The molecule has 100 valence electrons. The molecule has 7 heteroatoms. The zero-order valence-corrected chi connectivity index (χ0v) is 9.75. The quantitative estimate of drug-likeness (QED) is 0.294. The topological polar surface area (TPSA) is 27.1 Å². The van der Waals surface area contributed by atoms with Crippen molar-refractivity contribution in [2.75, 3.05) is 13.1 Å². The lowest BCUT2D eigenvalue weighted by atomic mass is 10.1. The number of hydrogen-bond donors (Lipinski definition) is 1. The standard InChI is InChI=1S/C11H11F5N2/c1-3-18(4-2)11(17)5-6(12)8(14)10(16)9(15)7(5)13/h17H,3-4H2,1-2H3. The van der Waals surface area contributed by atoms with Crippen LogP contribution in [0.5, 0.6) is 0 Å². The van der Waals surface area contributed by atoms with E-state index in [-0.39, 0.29) is 13.1 Å². The van der Waals surface area contributed by atoms with Gasteiger partial charge in [-0.1, -0.05) is 0 Å². The highest BCUT2D eigenvalue weighted by molar-refractivity contribution is 5.96. The van der Waals surface area contributed by atoms with E-state index in [1.165, 1.54) is 4.90 Å². The molecule has 1 aromatic carbocycles. The first-order valence-corrected chi connectivity index (χ1v) is 5.22. The SMILES string of the molecule is CCN(CC)C(=N)c1c(F)c(F)c(F)c(F)c1F. The minimum Gasteiger partial charge on any atom is -0.357 e. The highest BCUT2D eigenvalue weighted by Crippen LogP contribution is 2.24. The molecule has 0 spiro atoms. The van der Waals surface area contributed by atoms with Crippen LogP contribution in [0.1, 0.15) is 19.4 Å². The molecule has 0 aliphatic carbocycles. The molecule has 0 aromatic heterocycles. The lowest BCUT2D eigenvalue weighted by molar-refractivity contribution is 0.372. The molecule has 0 heterocycles. The highest BCUT2D eigenvalue weighted by atomic mass is 19.2. The Morgan fingerprint density at radius 2 is 1.17 bits per heavy atom. The van der Waals surface area contributed by atoms with E-state index in [1.54, 1.807) is 13.8 Å².